The van der Waals surface area contributed by atoms with Crippen LogP contribution in [0.3, 0.4) is 0 Å². The zero-order valence-electron chi connectivity index (χ0n) is 8.20. The van der Waals surface area contributed by atoms with Crippen LogP contribution in [-0.2, 0) is 4.79 Å². The summed E-state index contributed by atoms with van der Waals surface area (Å²) in [5.74, 6) is 0.885. The van der Waals surface area contributed by atoms with Crippen LogP contribution in [0.1, 0.15) is 32.6 Å². The van der Waals surface area contributed by atoms with Crippen LogP contribution >= 0.6 is 0 Å². The summed E-state index contributed by atoms with van der Waals surface area (Å²) in [6.07, 6.45) is 5.26. The molecule has 3 nitrogen and oxygen atoms in total. The molecule has 0 aromatic heterocycles. The third kappa shape index (κ3) is 1.46. The average molecular weight is 182 g/mol. The second kappa shape index (κ2) is 3.29. The van der Waals surface area contributed by atoms with E-state index in [1.807, 2.05) is 4.90 Å². The van der Waals surface area contributed by atoms with Crippen molar-refractivity contribution in [2.24, 2.45) is 11.7 Å². The Bertz CT molecular complexity index is 211. The topological polar surface area (TPSA) is 46.3 Å². The average Bonchev–Trinajstić information content (AvgIpc) is 2.65. The molecule has 2 fully saturated rings. The molecule has 0 spiro atoms. The van der Waals surface area contributed by atoms with Gasteiger partial charge in [-0.25, -0.2) is 0 Å². The molecule has 2 rings (SSSR count). The Balaban J connectivity index is 1.90. The van der Waals surface area contributed by atoms with E-state index >= 15 is 0 Å². The number of likely N-dealkylation sites (tertiary alicyclic amines) is 1. The van der Waals surface area contributed by atoms with E-state index in [4.69, 9.17) is 5.73 Å². The quantitative estimate of drug-likeness (QED) is 0.640. The van der Waals surface area contributed by atoms with Crippen molar-refractivity contribution in [1.29, 1.82) is 0 Å². The molecule has 74 valence electrons. The van der Waals surface area contributed by atoms with Crippen LogP contribution in [0.2, 0.25) is 0 Å². The van der Waals surface area contributed by atoms with Gasteiger partial charge in [-0.2, -0.15) is 0 Å². The van der Waals surface area contributed by atoms with Gasteiger partial charge in [-0.3, -0.25) is 4.79 Å². The van der Waals surface area contributed by atoms with E-state index in [0.717, 1.165) is 12.5 Å². The van der Waals surface area contributed by atoms with E-state index in [-0.39, 0.29) is 11.9 Å². The van der Waals surface area contributed by atoms with Crippen molar-refractivity contribution in [2.75, 3.05) is 6.54 Å². The van der Waals surface area contributed by atoms with E-state index in [2.05, 4.69) is 6.92 Å². The molecule has 2 unspecified atom stereocenters. The fourth-order valence-corrected chi connectivity index (χ4v) is 2.54. The maximum Gasteiger partial charge on any atom is 0.241 e. The highest BCUT2D eigenvalue weighted by Gasteiger charge is 2.39. The smallest absolute Gasteiger partial charge is 0.241 e. The Morgan fingerprint density at radius 1 is 1.46 bits per heavy atom. The molecule has 2 N–H and O–H groups in total. The normalized spacial score (nSPS) is 32.0. The molecule has 1 aliphatic heterocycles. The molecule has 2 atom stereocenters. The Morgan fingerprint density at radius 3 is 2.54 bits per heavy atom. The number of carbonyl (C=O) groups is 1. The van der Waals surface area contributed by atoms with Gasteiger partial charge < -0.3 is 10.6 Å². The molecule has 0 radical (unpaired) electrons. The molecule has 13 heavy (non-hydrogen) atoms. The first-order chi connectivity index (χ1) is 6.20. The van der Waals surface area contributed by atoms with Crippen molar-refractivity contribution in [3.63, 3.8) is 0 Å². The first-order valence-corrected chi connectivity index (χ1v) is 5.26. The zero-order chi connectivity index (χ0) is 9.42. The molecular weight excluding hydrogens is 164 g/mol. The predicted molar refractivity (Wildman–Crippen MR) is 51.1 cm³/mol. The molecule has 3 heteroatoms. The fraction of sp³-hybridized carbons (Fsp3) is 0.900. The van der Waals surface area contributed by atoms with Gasteiger partial charge in [-0.05, 0) is 25.7 Å². The van der Waals surface area contributed by atoms with Crippen LogP contribution in [-0.4, -0.2) is 29.4 Å². The molecule has 2 aliphatic rings. The lowest BCUT2D eigenvalue weighted by molar-refractivity contribution is -0.146. The van der Waals surface area contributed by atoms with Crippen molar-refractivity contribution in [2.45, 2.75) is 44.7 Å². The van der Waals surface area contributed by atoms with Crippen LogP contribution < -0.4 is 5.73 Å². The number of hydrogen-bond donors (Lipinski definition) is 1. The first-order valence-electron chi connectivity index (χ1n) is 5.26. The van der Waals surface area contributed by atoms with Crippen molar-refractivity contribution < 1.29 is 4.79 Å². The second-order valence-electron chi connectivity index (χ2n) is 4.38. The molecule has 0 aromatic carbocycles. The Morgan fingerprint density at radius 2 is 2.08 bits per heavy atom. The number of nitrogens with zero attached hydrogens (tertiary/aromatic N) is 1. The van der Waals surface area contributed by atoms with Crippen LogP contribution in [0.15, 0.2) is 0 Å². The number of β-lactam (4-membered cyclic amide) rings is 1. The minimum atomic E-state index is -0.205. The van der Waals surface area contributed by atoms with Gasteiger partial charge >= 0.3 is 0 Å². The van der Waals surface area contributed by atoms with Gasteiger partial charge in [0.25, 0.3) is 0 Å². The predicted octanol–water partition coefficient (Wildman–Crippen LogP) is 0.735. The lowest BCUT2D eigenvalue weighted by Crippen LogP contribution is -2.64. The maximum absolute atomic E-state index is 11.4. The third-order valence-electron chi connectivity index (χ3n) is 3.57. The van der Waals surface area contributed by atoms with Gasteiger partial charge in [0.2, 0.25) is 5.91 Å². The van der Waals surface area contributed by atoms with Crippen LogP contribution in [0.5, 0.6) is 0 Å². The first kappa shape index (κ1) is 9.00. The number of rotatable bonds is 2. The number of carbonyl (C=O) groups excluding carboxylic acids is 1. The highest BCUT2D eigenvalue weighted by atomic mass is 16.2. The van der Waals surface area contributed by atoms with E-state index in [1.54, 1.807) is 0 Å². The highest BCUT2D eigenvalue weighted by Crippen LogP contribution is 2.31. The zero-order valence-corrected chi connectivity index (χ0v) is 8.20. The minimum absolute atomic E-state index is 0.152. The summed E-state index contributed by atoms with van der Waals surface area (Å²) in [4.78, 5) is 13.3. The summed E-state index contributed by atoms with van der Waals surface area (Å²) in [7, 11) is 0. The summed E-state index contributed by atoms with van der Waals surface area (Å²) in [5.41, 5.74) is 5.56. The molecule has 1 aliphatic carbocycles. The molecule has 0 aromatic rings. The molecule has 0 bridgehead atoms. The number of nitrogens with two attached hydrogens (primary N) is 1. The lowest BCUT2D eigenvalue weighted by Gasteiger charge is -2.43. The minimum Gasteiger partial charge on any atom is -0.336 e. The fourth-order valence-electron chi connectivity index (χ4n) is 2.54. The van der Waals surface area contributed by atoms with E-state index < -0.39 is 0 Å². The third-order valence-corrected chi connectivity index (χ3v) is 3.57. The summed E-state index contributed by atoms with van der Waals surface area (Å²) in [6, 6.07) is 0.221. The molecular formula is C10H18N2O. The van der Waals surface area contributed by atoms with Gasteiger partial charge in [-0.1, -0.05) is 12.8 Å². The highest BCUT2D eigenvalue weighted by molar-refractivity contribution is 5.87. The van der Waals surface area contributed by atoms with Crippen LogP contribution in [0.25, 0.3) is 0 Å². The monoisotopic (exact) mass is 182 g/mol. The van der Waals surface area contributed by atoms with Gasteiger partial charge in [0.05, 0.1) is 0 Å². The summed E-state index contributed by atoms with van der Waals surface area (Å²) in [5, 5.41) is 0. The Labute approximate surface area is 79.3 Å². The van der Waals surface area contributed by atoms with Crippen LogP contribution in [0, 0.1) is 5.92 Å². The maximum atomic E-state index is 11.4. The summed E-state index contributed by atoms with van der Waals surface area (Å²) in [6.45, 7) is 2.94. The second-order valence-corrected chi connectivity index (χ2v) is 4.38. The van der Waals surface area contributed by atoms with E-state index in [9.17, 15) is 4.79 Å². The largest absolute Gasteiger partial charge is 0.336 e. The molecule has 1 saturated carbocycles. The Hall–Kier alpha value is -0.570. The molecule has 1 heterocycles. The lowest BCUT2D eigenvalue weighted by atomic mass is 9.94. The molecule has 1 amide bonds. The number of hydrogen-bond acceptors (Lipinski definition) is 2. The van der Waals surface area contributed by atoms with Crippen molar-refractivity contribution in [3.8, 4) is 0 Å². The van der Waals surface area contributed by atoms with Crippen molar-refractivity contribution >= 4 is 5.91 Å². The molecule has 1 saturated heterocycles. The van der Waals surface area contributed by atoms with E-state index in [0.29, 0.717) is 6.04 Å². The van der Waals surface area contributed by atoms with Crippen molar-refractivity contribution in [1.82, 2.24) is 4.90 Å². The van der Waals surface area contributed by atoms with Crippen molar-refractivity contribution in [3.05, 3.63) is 0 Å². The van der Waals surface area contributed by atoms with Gasteiger partial charge in [-0.15, -0.1) is 0 Å². The Kier molecular flexibility index (Phi) is 2.28. The van der Waals surface area contributed by atoms with E-state index in [1.165, 1.54) is 25.7 Å². The van der Waals surface area contributed by atoms with Gasteiger partial charge in [0.1, 0.15) is 6.04 Å². The van der Waals surface area contributed by atoms with Gasteiger partial charge in [0, 0.05) is 12.6 Å². The van der Waals surface area contributed by atoms with Gasteiger partial charge in [0.15, 0.2) is 0 Å². The number of amides is 1. The summed E-state index contributed by atoms with van der Waals surface area (Å²) < 4.78 is 0. The standard InChI is InChI=1S/C10H18N2O/c1-7(8-4-2-3-5-8)12-6-9(11)10(12)13/h7-9H,2-6,11H2,1H3. The summed E-state index contributed by atoms with van der Waals surface area (Å²) >= 11 is 0. The van der Waals surface area contributed by atoms with Crippen LogP contribution in [0.4, 0.5) is 0 Å². The SMILES string of the molecule is CC(C1CCCC1)N1CC(N)C1=O.